The predicted octanol–water partition coefficient (Wildman–Crippen LogP) is 3.13. The number of nitrogens with zero attached hydrogens (tertiary/aromatic N) is 2. The second kappa shape index (κ2) is 5.58. The van der Waals surface area contributed by atoms with Gasteiger partial charge in [-0.2, -0.15) is 0 Å². The standard InChI is InChI=1S/C16H12FN3O/c17-12-4-3-5-13(10-12)19-16(21)8-7-14-11-18-15-6-1-2-9-20(14)15/h1-11H,(H,19,21)/b8-7+. The average molecular weight is 281 g/mol. The Labute approximate surface area is 120 Å². The Kier molecular flexibility index (Phi) is 3.47. The van der Waals surface area contributed by atoms with Gasteiger partial charge in [-0.1, -0.05) is 12.1 Å². The molecule has 1 amide bonds. The largest absolute Gasteiger partial charge is 0.322 e. The van der Waals surface area contributed by atoms with Gasteiger partial charge >= 0.3 is 0 Å². The number of rotatable bonds is 3. The van der Waals surface area contributed by atoms with E-state index in [0.717, 1.165) is 11.3 Å². The van der Waals surface area contributed by atoms with Gasteiger partial charge in [0.1, 0.15) is 11.5 Å². The summed E-state index contributed by atoms with van der Waals surface area (Å²) in [7, 11) is 0. The van der Waals surface area contributed by atoms with Crippen molar-refractivity contribution in [3.8, 4) is 0 Å². The summed E-state index contributed by atoms with van der Waals surface area (Å²) in [6, 6.07) is 11.4. The molecule has 104 valence electrons. The summed E-state index contributed by atoms with van der Waals surface area (Å²) >= 11 is 0. The monoisotopic (exact) mass is 281 g/mol. The molecule has 0 spiro atoms. The Balaban J connectivity index is 1.75. The molecule has 3 rings (SSSR count). The van der Waals surface area contributed by atoms with Crippen LogP contribution in [0.1, 0.15) is 5.69 Å². The van der Waals surface area contributed by atoms with E-state index < -0.39 is 5.82 Å². The van der Waals surface area contributed by atoms with Gasteiger partial charge < -0.3 is 9.72 Å². The first-order valence-corrected chi connectivity index (χ1v) is 6.39. The van der Waals surface area contributed by atoms with Gasteiger partial charge in [-0.15, -0.1) is 0 Å². The molecule has 21 heavy (non-hydrogen) atoms. The number of benzene rings is 1. The van der Waals surface area contributed by atoms with Crippen molar-refractivity contribution in [2.45, 2.75) is 0 Å². The van der Waals surface area contributed by atoms with Crippen LogP contribution in [0.25, 0.3) is 11.7 Å². The number of fused-ring (bicyclic) bond motifs is 1. The third-order valence-electron chi connectivity index (χ3n) is 2.94. The molecule has 1 aromatic carbocycles. The van der Waals surface area contributed by atoms with E-state index in [4.69, 9.17) is 0 Å². The summed E-state index contributed by atoms with van der Waals surface area (Å²) < 4.78 is 14.9. The van der Waals surface area contributed by atoms with E-state index in [2.05, 4.69) is 10.3 Å². The molecule has 3 aromatic rings. The van der Waals surface area contributed by atoms with E-state index >= 15 is 0 Å². The molecule has 0 atom stereocenters. The number of hydrogen-bond acceptors (Lipinski definition) is 2. The average Bonchev–Trinajstić information content (AvgIpc) is 2.88. The molecule has 2 heterocycles. The highest BCUT2D eigenvalue weighted by Crippen LogP contribution is 2.10. The summed E-state index contributed by atoms with van der Waals surface area (Å²) in [6.45, 7) is 0. The molecule has 2 aromatic heterocycles. The lowest BCUT2D eigenvalue weighted by Crippen LogP contribution is -2.07. The fraction of sp³-hybridized carbons (Fsp3) is 0. The molecule has 1 N–H and O–H groups in total. The van der Waals surface area contributed by atoms with Crippen LogP contribution in [0.5, 0.6) is 0 Å². The fourth-order valence-electron chi connectivity index (χ4n) is 1.99. The molecule has 0 aliphatic rings. The minimum absolute atomic E-state index is 0.327. The lowest BCUT2D eigenvalue weighted by molar-refractivity contribution is -0.111. The SMILES string of the molecule is O=C(/C=C/c1cnc2ccccn12)Nc1cccc(F)c1. The van der Waals surface area contributed by atoms with Gasteiger partial charge in [-0.05, 0) is 36.4 Å². The highest BCUT2D eigenvalue weighted by molar-refractivity contribution is 6.01. The third kappa shape index (κ3) is 2.97. The van der Waals surface area contributed by atoms with Crippen molar-refractivity contribution in [3.63, 3.8) is 0 Å². The molecule has 0 radical (unpaired) electrons. The number of imidazole rings is 1. The first-order chi connectivity index (χ1) is 10.2. The Morgan fingerprint density at radius 3 is 3.00 bits per heavy atom. The number of nitrogens with one attached hydrogen (secondary N) is 1. The lowest BCUT2D eigenvalue weighted by Gasteiger charge is -2.01. The molecule has 0 unspecified atom stereocenters. The van der Waals surface area contributed by atoms with E-state index in [9.17, 15) is 9.18 Å². The summed E-state index contributed by atoms with van der Waals surface area (Å²) in [4.78, 5) is 16.0. The van der Waals surface area contributed by atoms with E-state index in [1.165, 1.54) is 18.2 Å². The van der Waals surface area contributed by atoms with Crippen LogP contribution < -0.4 is 5.32 Å². The molecule has 0 aliphatic heterocycles. The van der Waals surface area contributed by atoms with Crippen LogP contribution >= 0.6 is 0 Å². The van der Waals surface area contributed by atoms with Gasteiger partial charge in [-0.25, -0.2) is 9.37 Å². The molecule has 0 saturated heterocycles. The summed E-state index contributed by atoms with van der Waals surface area (Å²) in [5, 5.41) is 2.60. The molecule has 5 heteroatoms. The number of amides is 1. The van der Waals surface area contributed by atoms with E-state index in [0.29, 0.717) is 5.69 Å². The Morgan fingerprint density at radius 2 is 2.14 bits per heavy atom. The van der Waals surface area contributed by atoms with Crippen molar-refractivity contribution in [1.29, 1.82) is 0 Å². The highest BCUT2D eigenvalue weighted by atomic mass is 19.1. The van der Waals surface area contributed by atoms with Crippen molar-refractivity contribution in [1.82, 2.24) is 9.38 Å². The first-order valence-electron chi connectivity index (χ1n) is 6.39. The molecule has 0 aliphatic carbocycles. The minimum Gasteiger partial charge on any atom is -0.322 e. The maximum atomic E-state index is 13.0. The number of anilines is 1. The van der Waals surface area contributed by atoms with Crippen LogP contribution in [0, 0.1) is 5.82 Å². The molecule has 0 bridgehead atoms. The number of aromatic nitrogens is 2. The number of pyridine rings is 1. The molecule has 4 nitrogen and oxygen atoms in total. The lowest BCUT2D eigenvalue weighted by atomic mass is 10.3. The zero-order valence-electron chi connectivity index (χ0n) is 11.0. The number of carbonyl (C=O) groups excluding carboxylic acids is 1. The third-order valence-corrected chi connectivity index (χ3v) is 2.94. The Hall–Kier alpha value is -2.95. The summed E-state index contributed by atoms with van der Waals surface area (Å²) in [5.41, 5.74) is 2.02. The van der Waals surface area contributed by atoms with Crippen molar-refractivity contribution in [2.75, 3.05) is 5.32 Å². The van der Waals surface area contributed by atoms with Crippen molar-refractivity contribution in [3.05, 3.63) is 72.4 Å². The van der Waals surface area contributed by atoms with Crippen molar-refractivity contribution < 1.29 is 9.18 Å². The van der Waals surface area contributed by atoms with Crippen molar-refractivity contribution in [2.24, 2.45) is 0 Å². The summed E-state index contributed by atoms with van der Waals surface area (Å²) in [5.74, 6) is -0.718. The zero-order chi connectivity index (χ0) is 14.7. The Morgan fingerprint density at radius 1 is 1.24 bits per heavy atom. The van der Waals surface area contributed by atoms with Crippen LogP contribution in [0.4, 0.5) is 10.1 Å². The van der Waals surface area contributed by atoms with Crippen LogP contribution in [-0.2, 0) is 4.79 Å². The van der Waals surface area contributed by atoms with Gasteiger partial charge in [0, 0.05) is 18.0 Å². The molecular formula is C16H12FN3O. The molecule has 0 fully saturated rings. The van der Waals surface area contributed by atoms with E-state index in [1.807, 2.05) is 28.8 Å². The van der Waals surface area contributed by atoms with E-state index in [1.54, 1.807) is 24.4 Å². The Bertz CT molecular complexity index is 823. The quantitative estimate of drug-likeness (QED) is 0.750. The molecular weight excluding hydrogens is 269 g/mol. The second-order valence-corrected chi connectivity index (χ2v) is 4.44. The normalized spacial score (nSPS) is 11.1. The zero-order valence-corrected chi connectivity index (χ0v) is 11.0. The molecule has 0 saturated carbocycles. The fourth-order valence-corrected chi connectivity index (χ4v) is 1.99. The van der Waals surface area contributed by atoms with Gasteiger partial charge in [0.15, 0.2) is 0 Å². The smallest absolute Gasteiger partial charge is 0.248 e. The van der Waals surface area contributed by atoms with E-state index in [-0.39, 0.29) is 5.91 Å². The van der Waals surface area contributed by atoms with Gasteiger partial charge in [-0.3, -0.25) is 4.79 Å². The first kappa shape index (κ1) is 13.1. The number of hydrogen-bond donors (Lipinski definition) is 1. The van der Waals surface area contributed by atoms with Crippen molar-refractivity contribution >= 4 is 23.3 Å². The van der Waals surface area contributed by atoms with Gasteiger partial charge in [0.2, 0.25) is 5.91 Å². The van der Waals surface area contributed by atoms with Crippen LogP contribution in [0.3, 0.4) is 0 Å². The van der Waals surface area contributed by atoms with Crippen LogP contribution in [0.15, 0.2) is 60.9 Å². The number of halogens is 1. The second-order valence-electron chi connectivity index (χ2n) is 4.44. The van der Waals surface area contributed by atoms with Crippen LogP contribution in [-0.4, -0.2) is 15.3 Å². The van der Waals surface area contributed by atoms with Gasteiger partial charge in [0.25, 0.3) is 0 Å². The topological polar surface area (TPSA) is 46.4 Å². The summed E-state index contributed by atoms with van der Waals surface area (Å²) in [6.07, 6.45) is 6.60. The van der Waals surface area contributed by atoms with Gasteiger partial charge in [0.05, 0.1) is 11.9 Å². The predicted molar refractivity (Wildman–Crippen MR) is 79.3 cm³/mol. The highest BCUT2D eigenvalue weighted by Gasteiger charge is 2.01. The number of carbonyl (C=O) groups is 1. The maximum Gasteiger partial charge on any atom is 0.248 e. The van der Waals surface area contributed by atoms with Crippen LogP contribution in [0.2, 0.25) is 0 Å². The minimum atomic E-state index is -0.390. The maximum absolute atomic E-state index is 13.0.